The van der Waals surface area contributed by atoms with Gasteiger partial charge in [-0.2, -0.15) is 13.2 Å². The summed E-state index contributed by atoms with van der Waals surface area (Å²) in [5.41, 5.74) is -0.0962. The van der Waals surface area contributed by atoms with E-state index >= 15 is 0 Å². The van der Waals surface area contributed by atoms with E-state index in [0.717, 1.165) is 49.6 Å². The molecule has 1 aromatic carbocycles. The highest BCUT2D eigenvalue weighted by Gasteiger charge is 2.30. The molecule has 0 aliphatic carbocycles. The lowest BCUT2D eigenvalue weighted by Crippen LogP contribution is -2.37. The molecule has 2 heterocycles. The summed E-state index contributed by atoms with van der Waals surface area (Å²) < 4.78 is 40.7. The molecule has 1 aliphatic rings. The first-order chi connectivity index (χ1) is 14.0. The average molecular weight is 536 g/mol. The Hall–Kier alpha value is -1.85. The highest BCUT2D eigenvalue weighted by atomic mass is 127. The van der Waals surface area contributed by atoms with Crippen molar-refractivity contribution in [3.63, 3.8) is 0 Å². The van der Waals surface area contributed by atoms with Gasteiger partial charge in [0.2, 0.25) is 0 Å². The number of nitrogens with one attached hydrogen (secondary N) is 2. The SMILES string of the molecule is CN=C(NCCCc1nnc2n1CCCCC2)NCc1cccc(C(F)(F)F)c1.I. The molecule has 2 aromatic rings. The van der Waals surface area contributed by atoms with Gasteiger partial charge < -0.3 is 15.2 Å². The van der Waals surface area contributed by atoms with E-state index in [-0.39, 0.29) is 30.5 Å². The fraction of sp³-hybridized carbons (Fsp3) is 0.550. The standard InChI is InChI=1S/C20H27F3N6.HI/c1-24-19(26-14-15-7-5-8-16(13-15)20(21,22)23)25-11-6-10-18-28-27-17-9-3-2-4-12-29(17)18;/h5,7-8,13H,2-4,6,9-12,14H2,1H3,(H2,24,25,26);1H. The predicted octanol–water partition coefficient (Wildman–Crippen LogP) is 3.94. The van der Waals surface area contributed by atoms with Crippen molar-refractivity contribution in [3.8, 4) is 0 Å². The summed E-state index contributed by atoms with van der Waals surface area (Å²) in [6, 6.07) is 5.29. The average Bonchev–Trinajstić information content (AvgIpc) is 2.93. The van der Waals surface area contributed by atoms with Gasteiger partial charge in [-0.3, -0.25) is 4.99 Å². The summed E-state index contributed by atoms with van der Waals surface area (Å²) in [7, 11) is 1.64. The maximum atomic E-state index is 12.8. The highest BCUT2D eigenvalue weighted by molar-refractivity contribution is 14.0. The first-order valence-electron chi connectivity index (χ1n) is 9.99. The molecule has 2 N–H and O–H groups in total. The number of guanidine groups is 1. The van der Waals surface area contributed by atoms with Gasteiger partial charge in [0.25, 0.3) is 0 Å². The molecule has 6 nitrogen and oxygen atoms in total. The minimum absolute atomic E-state index is 0. The van der Waals surface area contributed by atoms with Gasteiger partial charge in [0.15, 0.2) is 5.96 Å². The van der Waals surface area contributed by atoms with Gasteiger partial charge in [-0.05, 0) is 37.0 Å². The largest absolute Gasteiger partial charge is 0.416 e. The third-order valence-electron chi connectivity index (χ3n) is 4.99. The van der Waals surface area contributed by atoms with Gasteiger partial charge in [0, 0.05) is 39.5 Å². The van der Waals surface area contributed by atoms with Crippen LogP contribution in [0.2, 0.25) is 0 Å². The monoisotopic (exact) mass is 536 g/mol. The Morgan fingerprint density at radius 1 is 1.17 bits per heavy atom. The lowest BCUT2D eigenvalue weighted by molar-refractivity contribution is -0.137. The summed E-state index contributed by atoms with van der Waals surface area (Å²) >= 11 is 0. The molecule has 0 bridgehead atoms. The molecule has 1 aromatic heterocycles. The topological polar surface area (TPSA) is 67.1 Å². The van der Waals surface area contributed by atoms with Gasteiger partial charge in [0.1, 0.15) is 11.6 Å². The van der Waals surface area contributed by atoms with E-state index in [0.29, 0.717) is 18.1 Å². The molecule has 30 heavy (non-hydrogen) atoms. The van der Waals surface area contributed by atoms with Gasteiger partial charge in [0.05, 0.1) is 5.56 Å². The van der Waals surface area contributed by atoms with Crippen LogP contribution in [0.5, 0.6) is 0 Å². The number of hydrogen-bond acceptors (Lipinski definition) is 3. The summed E-state index contributed by atoms with van der Waals surface area (Å²) in [6.07, 6.45) is 1.92. The molecular weight excluding hydrogens is 508 g/mol. The molecule has 0 radical (unpaired) electrons. The number of nitrogens with zero attached hydrogens (tertiary/aromatic N) is 4. The van der Waals surface area contributed by atoms with Crippen LogP contribution in [0.1, 0.15) is 48.5 Å². The fourth-order valence-electron chi connectivity index (χ4n) is 3.45. The second-order valence-electron chi connectivity index (χ2n) is 7.15. The molecular formula is C20H28F3IN6. The van der Waals surface area contributed by atoms with Gasteiger partial charge in [-0.15, -0.1) is 34.2 Å². The number of aryl methyl sites for hydroxylation is 2. The van der Waals surface area contributed by atoms with Crippen molar-refractivity contribution in [2.75, 3.05) is 13.6 Å². The van der Waals surface area contributed by atoms with E-state index in [1.54, 1.807) is 13.1 Å². The van der Waals surface area contributed by atoms with Crippen molar-refractivity contribution in [1.82, 2.24) is 25.4 Å². The second kappa shape index (κ2) is 11.5. The van der Waals surface area contributed by atoms with Crippen molar-refractivity contribution in [2.24, 2.45) is 4.99 Å². The molecule has 0 amide bonds. The van der Waals surface area contributed by atoms with Crippen molar-refractivity contribution in [3.05, 3.63) is 47.0 Å². The Morgan fingerprint density at radius 3 is 2.77 bits per heavy atom. The van der Waals surface area contributed by atoms with Crippen LogP contribution in [-0.2, 0) is 32.1 Å². The predicted molar refractivity (Wildman–Crippen MR) is 121 cm³/mol. The molecule has 0 spiro atoms. The third-order valence-corrected chi connectivity index (χ3v) is 4.99. The minimum Gasteiger partial charge on any atom is -0.356 e. The summed E-state index contributed by atoms with van der Waals surface area (Å²) in [4.78, 5) is 4.13. The van der Waals surface area contributed by atoms with Crippen molar-refractivity contribution in [1.29, 1.82) is 0 Å². The molecule has 0 saturated carbocycles. The van der Waals surface area contributed by atoms with E-state index in [4.69, 9.17) is 0 Å². The van der Waals surface area contributed by atoms with Crippen LogP contribution in [0.3, 0.4) is 0 Å². The number of benzene rings is 1. The van der Waals surface area contributed by atoms with E-state index < -0.39 is 11.7 Å². The second-order valence-corrected chi connectivity index (χ2v) is 7.15. The molecule has 0 atom stereocenters. The zero-order valence-electron chi connectivity index (χ0n) is 17.0. The number of halogens is 4. The molecule has 166 valence electrons. The first kappa shape index (κ1) is 24.4. The van der Waals surface area contributed by atoms with Crippen molar-refractivity contribution < 1.29 is 13.2 Å². The van der Waals surface area contributed by atoms with Crippen molar-refractivity contribution in [2.45, 2.75) is 57.8 Å². The van der Waals surface area contributed by atoms with Crippen LogP contribution in [0.15, 0.2) is 29.3 Å². The Balaban J connectivity index is 0.00000320. The van der Waals surface area contributed by atoms with Crippen LogP contribution >= 0.6 is 24.0 Å². The number of aliphatic imine (C=N–C) groups is 1. The molecule has 0 saturated heterocycles. The Bertz CT molecular complexity index is 834. The summed E-state index contributed by atoms with van der Waals surface area (Å²) in [5, 5.41) is 14.9. The summed E-state index contributed by atoms with van der Waals surface area (Å²) in [6.45, 7) is 1.94. The zero-order chi connectivity index (χ0) is 20.7. The van der Waals surface area contributed by atoms with Crippen LogP contribution in [0.4, 0.5) is 13.2 Å². The summed E-state index contributed by atoms with van der Waals surface area (Å²) in [5.74, 6) is 2.67. The number of hydrogen-bond donors (Lipinski definition) is 2. The molecule has 3 rings (SSSR count). The Labute approximate surface area is 191 Å². The van der Waals surface area contributed by atoms with Crippen molar-refractivity contribution >= 4 is 29.9 Å². The van der Waals surface area contributed by atoms with Gasteiger partial charge in [-0.25, -0.2) is 0 Å². The number of fused-ring (bicyclic) bond motifs is 1. The lowest BCUT2D eigenvalue weighted by Gasteiger charge is -2.13. The minimum atomic E-state index is -4.34. The first-order valence-corrected chi connectivity index (χ1v) is 9.99. The van der Waals surface area contributed by atoms with Crippen LogP contribution in [0, 0.1) is 0 Å². The van der Waals surface area contributed by atoms with Crippen LogP contribution in [-0.4, -0.2) is 34.3 Å². The Kier molecular flexibility index (Phi) is 9.37. The van der Waals surface area contributed by atoms with Gasteiger partial charge >= 0.3 is 6.18 Å². The zero-order valence-corrected chi connectivity index (χ0v) is 19.3. The molecule has 1 aliphatic heterocycles. The highest BCUT2D eigenvalue weighted by Crippen LogP contribution is 2.29. The van der Waals surface area contributed by atoms with Crippen LogP contribution < -0.4 is 10.6 Å². The smallest absolute Gasteiger partial charge is 0.356 e. The van der Waals surface area contributed by atoms with E-state index in [1.807, 2.05) is 0 Å². The number of aromatic nitrogens is 3. The molecule has 0 unspecified atom stereocenters. The van der Waals surface area contributed by atoms with E-state index in [1.165, 1.54) is 25.3 Å². The number of alkyl halides is 3. The Morgan fingerprint density at radius 2 is 2.00 bits per heavy atom. The normalized spacial score (nSPS) is 14.5. The quantitative estimate of drug-likeness (QED) is 0.254. The lowest BCUT2D eigenvalue weighted by atomic mass is 10.1. The fourth-order valence-corrected chi connectivity index (χ4v) is 3.45. The maximum absolute atomic E-state index is 12.8. The third kappa shape index (κ3) is 6.85. The number of rotatable bonds is 6. The van der Waals surface area contributed by atoms with Crippen LogP contribution in [0.25, 0.3) is 0 Å². The van der Waals surface area contributed by atoms with E-state index in [2.05, 4.69) is 30.4 Å². The molecule has 10 heteroatoms. The molecule has 0 fully saturated rings. The van der Waals surface area contributed by atoms with E-state index in [9.17, 15) is 13.2 Å². The van der Waals surface area contributed by atoms with Gasteiger partial charge in [-0.1, -0.05) is 18.6 Å². The maximum Gasteiger partial charge on any atom is 0.416 e.